The topological polar surface area (TPSA) is 106 Å². The van der Waals surface area contributed by atoms with E-state index in [1.54, 1.807) is 37.3 Å². The van der Waals surface area contributed by atoms with Crippen LogP contribution in [0.25, 0.3) is 0 Å². The summed E-state index contributed by atoms with van der Waals surface area (Å²) in [5.41, 5.74) is 2.31. The van der Waals surface area contributed by atoms with Crippen LogP contribution in [-0.4, -0.2) is 78.4 Å². The summed E-state index contributed by atoms with van der Waals surface area (Å²) >= 11 is 0. The minimum absolute atomic E-state index is 0.0721. The average Bonchev–Trinajstić information content (AvgIpc) is 3.31. The highest BCUT2D eigenvalue weighted by molar-refractivity contribution is 7.88. The fourth-order valence-electron chi connectivity index (χ4n) is 4.49. The lowest BCUT2D eigenvalue weighted by molar-refractivity contribution is 0.0671. The number of rotatable bonds is 14. The summed E-state index contributed by atoms with van der Waals surface area (Å²) in [7, 11) is -0.351. The summed E-state index contributed by atoms with van der Waals surface area (Å²) in [4.78, 5) is 15.4. The molecule has 0 bridgehead atoms. The molecule has 1 aliphatic heterocycles. The van der Waals surface area contributed by atoms with Gasteiger partial charge in [0, 0.05) is 63.3 Å². The number of ether oxygens (including phenoxy) is 3. The summed E-state index contributed by atoms with van der Waals surface area (Å²) < 4.78 is 45.1. The number of carbonyl (C=O) groups is 1. The van der Waals surface area contributed by atoms with Gasteiger partial charge in [0.05, 0.1) is 19.5 Å². The molecule has 0 saturated carbocycles. The number of hydrogen-bond donors (Lipinski definition) is 2. The van der Waals surface area contributed by atoms with Gasteiger partial charge in [-0.05, 0) is 44.5 Å². The average molecular weight is 548 g/mol. The maximum absolute atomic E-state index is 13.6. The zero-order valence-corrected chi connectivity index (χ0v) is 23.8. The van der Waals surface area contributed by atoms with Crippen LogP contribution in [0.1, 0.15) is 41.8 Å². The first-order valence-corrected chi connectivity index (χ1v) is 14.7. The highest BCUT2D eigenvalue weighted by Gasteiger charge is 2.34. The van der Waals surface area contributed by atoms with Crippen molar-refractivity contribution >= 4 is 15.9 Å². The van der Waals surface area contributed by atoms with Gasteiger partial charge in [0.15, 0.2) is 11.5 Å². The molecule has 0 aromatic heterocycles. The van der Waals surface area contributed by atoms with Crippen LogP contribution in [0.5, 0.6) is 11.5 Å². The third-order valence-corrected chi connectivity index (χ3v) is 8.00. The molecular weight excluding hydrogens is 506 g/mol. The van der Waals surface area contributed by atoms with Gasteiger partial charge in [-0.2, -0.15) is 0 Å². The first kappa shape index (κ1) is 29.9. The van der Waals surface area contributed by atoms with Crippen LogP contribution in [0, 0.1) is 12.8 Å². The van der Waals surface area contributed by atoms with Gasteiger partial charge < -0.3 is 24.4 Å². The van der Waals surface area contributed by atoms with Crippen molar-refractivity contribution in [2.45, 2.75) is 45.0 Å². The first-order valence-electron chi connectivity index (χ1n) is 13.0. The summed E-state index contributed by atoms with van der Waals surface area (Å²) in [6.07, 6.45) is 0.714. The van der Waals surface area contributed by atoms with E-state index in [4.69, 9.17) is 14.2 Å². The predicted octanol–water partition coefficient (Wildman–Crippen LogP) is 2.98. The summed E-state index contributed by atoms with van der Waals surface area (Å²) in [5.74, 6) is 0.762. The quantitative estimate of drug-likeness (QED) is 0.350. The molecule has 1 saturated heterocycles. The van der Waals surface area contributed by atoms with Gasteiger partial charge in [-0.15, -0.1) is 0 Å². The minimum atomic E-state index is -3.55. The van der Waals surface area contributed by atoms with Crippen molar-refractivity contribution in [1.29, 1.82) is 0 Å². The van der Waals surface area contributed by atoms with E-state index in [0.29, 0.717) is 56.3 Å². The normalized spacial score (nSPS) is 17.5. The van der Waals surface area contributed by atoms with Gasteiger partial charge in [-0.1, -0.05) is 29.8 Å². The van der Waals surface area contributed by atoms with Gasteiger partial charge in [-0.25, -0.2) is 13.1 Å². The highest BCUT2D eigenvalue weighted by atomic mass is 32.2. The highest BCUT2D eigenvalue weighted by Crippen LogP contribution is 2.29. The van der Waals surface area contributed by atoms with E-state index in [1.165, 1.54) is 0 Å². The molecule has 1 amide bonds. The van der Waals surface area contributed by atoms with Gasteiger partial charge in [0.1, 0.15) is 0 Å². The lowest BCUT2D eigenvalue weighted by Gasteiger charge is -2.32. The standard InChI is InChI=1S/C28H41N3O6S/c1-20(2)31(28(32)23-11-12-26(36-5)27(15-23)37-14-6-13-35-4)18-24-16-29-17-25(24)30-38(33,34)19-22-9-7-21(3)8-10-22/h7-12,15,20,24-25,29-30H,6,13-14,16-19H2,1-5H3/t24-,25?/m0/s1. The molecule has 10 heteroatoms. The molecule has 1 aliphatic rings. The monoisotopic (exact) mass is 547 g/mol. The molecule has 1 fully saturated rings. The predicted molar refractivity (Wildman–Crippen MR) is 148 cm³/mol. The van der Waals surface area contributed by atoms with Crippen molar-refractivity contribution in [3.63, 3.8) is 0 Å². The summed E-state index contributed by atoms with van der Waals surface area (Å²) in [5, 5.41) is 3.29. The van der Waals surface area contributed by atoms with Crippen LogP contribution in [0.2, 0.25) is 0 Å². The van der Waals surface area contributed by atoms with Crippen LogP contribution >= 0.6 is 0 Å². The lowest BCUT2D eigenvalue weighted by atomic mass is 10.0. The SMILES string of the molecule is COCCCOc1cc(C(=O)N(C[C@@H]2CNCC2NS(=O)(=O)Cc2ccc(C)cc2)C(C)C)ccc1OC. The van der Waals surface area contributed by atoms with Crippen molar-refractivity contribution in [1.82, 2.24) is 14.9 Å². The fraction of sp³-hybridized carbons (Fsp3) is 0.536. The molecule has 0 radical (unpaired) electrons. The van der Waals surface area contributed by atoms with Crippen LogP contribution in [0.4, 0.5) is 0 Å². The molecule has 9 nitrogen and oxygen atoms in total. The number of nitrogens with one attached hydrogen (secondary N) is 2. The largest absolute Gasteiger partial charge is 0.493 e. The fourth-order valence-corrected chi connectivity index (χ4v) is 5.95. The van der Waals surface area contributed by atoms with E-state index >= 15 is 0 Å². The van der Waals surface area contributed by atoms with E-state index in [1.807, 2.05) is 45.0 Å². The van der Waals surface area contributed by atoms with E-state index in [-0.39, 0.29) is 29.7 Å². The Morgan fingerprint density at radius 2 is 1.82 bits per heavy atom. The van der Waals surface area contributed by atoms with Crippen LogP contribution < -0.4 is 19.5 Å². The van der Waals surface area contributed by atoms with Crippen LogP contribution in [0.3, 0.4) is 0 Å². The Morgan fingerprint density at radius 1 is 1.08 bits per heavy atom. The minimum Gasteiger partial charge on any atom is -0.493 e. The molecule has 38 heavy (non-hydrogen) atoms. The van der Waals surface area contributed by atoms with Gasteiger partial charge in [-0.3, -0.25) is 4.79 Å². The Hall–Kier alpha value is -2.66. The molecule has 1 unspecified atom stereocenters. The maximum atomic E-state index is 13.6. The number of amides is 1. The van der Waals surface area contributed by atoms with Crippen molar-refractivity contribution in [2.24, 2.45) is 5.92 Å². The molecule has 2 atom stereocenters. The number of sulfonamides is 1. The van der Waals surface area contributed by atoms with Gasteiger partial charge in [0.2, 0.25) is 10.0 Å². The van der Waals surface area contributed by atoms with E-state index in [2.05, 4.69) is 10.0 Å². The number of hydrogen-bond acceptors (Lipinski definition) is 7. The summed E-state index contributed by atoms with van der Waals surface area (Å²) in [6.45, 7) is 8.45. The molecule has 0 spiro atoms. The molecule has 2 aromatic carbocycles. The second kappa shape index (κ2) is 13.9. The Kier molecular flexibility index (Phi) is 11.0. The molecule has 210 valence electrons. The summed E-state index contributed by atoms with van der Waals surface area (Å²) in [6, 6.07) is 12.3. The molecule has 2 aromatic rings. The van der Waals surface area contributed by atoms with E-state index in [9.17, 15) is 13.2 Å². The molecular formula is C28H41N3O6S. The third kappa shape index (κ3) is 8.42. The van der Waals surface area contributed by atoms with Gasteiger partial charge >= 0.3 is 0 Å². The molecule has 3 rings (SSSR count). The van der Waals surface area contributed by atoms with E-state index in [0.717, 1.165) is 11.1 Å². The lowest BCUT2D eigenvalue weighted by Crippen LogP contribution is -2.47. The van der Waals surface area contributed by atoms with Crippen molar-refractivity contribution in [3.05, 3.63) is 59.2 Å². The van der Waals surface area contributed by atoms with Crippen molar-refractivity contribution < 1.29 is 27.4 Å². The Labute approximate surface area is 226 Å². The second-order valence-electron chi connectivity index (χ2n) is 10.00. The van der Waals surface area contributed by atoms with Gasteiger partial charge in [0.25, 0.3) is 5.91 Å². The van der Waals surface area contributed by atoms with Crippen LogP contribution in [-0.2, 0) is 20.5 Å². The Bertz CT molecular complexity index is 1150. The van der Waals surface area contributed by atoms with Crippen molar-refractivity contribution in [3.8, 4) is 11.5 Å². The van der Waals surface area contributed by atoms with Crippen LogP contribution in [0.15, 0.2) is 42.5 Å². The van der Waals surface area contributed by atoms with Crippen molar-refractivity contribution in [2.75, 3.05) is 47.1 Å². The smallest absolute Gasteiger partial charge is 0.254 e. The molecule has 0 aliphatic carbocycles. The second-order valence-corrected chi connectivity index (χ2v) is 11.8. The Balaban J connectivity index is 1.70. The zero-order chi connectivity index (χ0) is 27.7. The number of carbonyl (C=O) groups excluding carboxylic acids is 1. The molecule has 2 N–H and O–H groups in total. The van der Waals surface area contributed by atoms with E-state index < -0.39 is 10.0 Å². The number of nitrogens with zero attached hydrogens (tertiary/aromatic N) is 1. The molecule has 1 heterocycles. The number of methoxy groups -OCH3 is 2. The number of aryl methyl sites for hydroxylation is 1. The Morgan fingerprint density at radius 3 is 2.47 bits per heavy atom. The maximum Gasteiger partial charge on any atom is 0.254 e. The third-order valence-electron chi connectivity index (χ3n) is 6.62. The number of benzene rings is 2. The zero-order valence-electron chi connectivity index (χ0n) is 23.0. The first-order chi connectivity index (χ1) is 18.1.